The van der Waals surface area contributed by atoms with Crippen molar-refractivity contribution < 1.29 is 18.0 Å². The van der Waals surface area contributed by atoms with Gasteiger partial charge in [0.1, 0.15) is 5.92 Å². The van der Waals surface area contributed by atoms with Crippen molar-refractivity contribution in [1.82, 2.24) is 4.90 Å². The molecule has 1 unspecified atom stereocenters. The maximum atomic E-state index is 13.2. The molecule has 0 radical (unpaired) electrons. The fraction of sp³-hybridized carbons (Fsp3) is 0.526. The second-order valence-corrected chi connectivity index (χ2v) is 7.19. The molecule has 1 aromatic carbocycles. The number of benzene rings is 1. The van der Waals surface area contributed by atoms with Gasteiger partial charge >= 0.3 is 6.18 Å². The lowest BCUT2D eigenvalue weighted by Gasteiger charge is -2.21. The Kier molecular flexibility index (Phi) is 5.80. The van der Waals surface area contributed by atoms with E-state index < -0.39 is 18.0 Å². The molecule has 0 bridgehead atoms. The van der Waals surface area contributed by atoms with Gasteiger partial charge in [0, 0.05) is 31.1 Å². The molecule has 1 heterocycles. The molecule has 0 fully saturated rings. The van der Waals surface area contributed by atoms with E-state index in [1.807, 2.05) is 12.1 Å². The van der Waals surface area contributed by atoms with Gasteiger partial charge in [0.25, 0.3) is 5.91 Å². The summed E-state index contributed by atoms with van der Waals surface area (Å²) in [5, 5.41) is 2.70. The van der Waals surface area contributed by atoms with Crippen LogP contribution in [-0.4, -0.2) is 30.6 Å². The number of nitrogens with one attached hydrogen (secondary N) is 1. The third-order valence-electron chi connectivity index (χ3n) is 4.43. The van der Waals surface area contributed by atoms with Crippen LogP contribution in [0.3, 0.4) is 0 Å². The van der Waals surface area contributed by atoms with Crippen LogP contribution in [0.25, 0.3) is 0 Å². The van der Waals surface area contributed by atoms with E-state index in [1.165, 1.54) is 18.1 Å². The van der Waals surface area contributed by atoms with Crippen LogP contribution in [0.15, 0.2) is 36.0 Å². The Bertz CT molecular complexity index is 652. The first-order valence-corrected chi connectivity index (χ1v) is 8.48. The zero-order valence-electron chi connectivity index (χ0n) is 15.0. The predicted octanol–water partition coefficient (Wildman–Crippen LogP) is 4.78. The van der Waals surface area contributed by atoms with E-state index in [9.17, 15) is 18.0 Å². The number of carbonyl (C=O) groups excluding carboxylic acids is 1. The topological polar surface area (TPSA) is 32.3 Å². The number of amides is 1. The van der Waals surface area contributed by atoms with Crippen molar-refractivity contribution in [2.75, 3.05) is 18.9 Å². The zero-order chi connectivity index (χ0) is 18.8. The molecule has 0 aromatic heterocycles. The molecule has 138 valence electrons. The summed E-state index contributed by atoms with van der Waals surface area (Å²) in [4.78, 5) is 13.9. The molecule has 0 saturated carbocycles. The van der Waals surface area contributed by atoms with Crippen molar-refractivity contribution in [3.05, 3.63) is 41.6 Å². The molecular weight excluding hydrogens is 329 g/mol. The molecule has 2 rings (SSSR count). The average Bonchev–Trinajstić information content (AvgIpc) is 2.89. The van der Waals surface area contributed by atoms with E-state index in [1.54, 1.807) is 12.1 Å². The normalized spacial score (nSPS) is 19.1. The Labute approximate surface area is 146 Å². The van der Waals surface area contributed by atoms with Crippen molar-refractivity contribution in [2.45, 2.75) is 39.3 Å². The minimum Gasteiger partial charge on any atom is -0.379 e. The first-order chi connectivity index (χ1) is 11.6. The highest BCUT2D eigenvalue weighted by molar-refractivity contribution is 6.04. The van der Waals surface area contributed by atoms with E-state index in [0.29, 0.717) is 11.6 Å². The summed E-state index contributed by atoms with van der Waals surface area (Å²) in [5.74, 6) is -1.75. The van der Waals surface area contributed by atoms with E-state index >= 15 is 0 Å². The van der Waals surface area contributed by atoms with Crippen LogP contribution < -0.4 is 5.32 Å². The number of para-hydroxylation sites is 1. The molecule has 3 nitrogen and oxygen atoms in total. The maximum absolute atomic E-state index is 13.2. The lowest BCUT2D eigenvalue weighted by Crippen LogP contribution is -2.32. The van der Waals surface area contributed by atoms with Gasteiger partial charge in [-0.15, -0.1) is 0 Å². The van der Waals surface area contributed by atoms with Gasteiger partial charge < -0.3 is 10.2 Å². The average molecular weight is 354 g/mol. The Balaban J connectivity index is 2.22. The van der Waals surface area contributed by atoms with Crippen molar-refractivity contribution in [1.29, 1.82) is 0 Å². The van der Waals surface area contributed by atoms with Gasteiger partial charge in [0.05, 0.1) is 0 Å². The molecule has 2 atom stereocenters. The lowest BCUT2D eigenvalue weighted by atomic mass is 9.90. The molecular formula is C19H25F3N2O. The third-order valence-corrected chi connectivity index (χ3v) is 4.43. The summed E-state index contributed by atoms with van der Waals surface area (Å²) >= 11 is 0. The largest absolute Gasteiger partial charge is 0.397 e. The van der Waals surface area contributed by atoms with Gasteiger partial charge in [-0.25, -0.2) is 0 Å². The number of hydrogen-bond acceptors (Lipinski definition) is 2. The molecule has 1 aromatic rings. The zero-order valence-corrected chi connectivity index (χ0v) is 15.0. The molecule has 1 amide bonds. The van der Waals surface area contributed by atoms with Crippen LogP contribution in [0.5, 0.6) is 0 Å². The molecule has 1 aliphatic heterocycles. The SMILES string of the molecule is CC(C)C[C@@H](C)c1ccccc1NC(=O)C1=CN(C)CC1C(F)(F)F. The number of alkyl halides is 3. The van der Waals surface area contributed by atoms with Crippen LogP contribution in [0.2, 0.25) is 0 Å². The van der Waals surface area contributed by atoms with E-state index in [-0.39, 0.29) is 18.0 Å². The number of anilines is 1. The van der Waals surface area contributed by atoms with E-state index in [2.05, 4.69) is 26.1 Å². The summed E-state index contributed by atoms with van der Waals surface area (Å²) in [6.45, 7) is 6.07. The van der Waals surface area contributed by atoms with Gasteiger partial charge in [-0.05, 0) is 29.9 Å². The number of hydrogen-bond donors (Lipinski definition) is 1. The molecule has 1 N–H and O–H groups in total. The van der Waals surface area contributed by atoms with Crippen LogP contribution in [-0.2, 0) is 4.79 Å². The van der Waals surface area contributed by atoms with Crippen LogP contribution in [0, 0.1) is 11.8 Å². The Morgan fingerprint density at radius 3 is 2.52 bits per heavy atom. The molecule has 1 aliphatic rings. The van der Waals surface area contributed by atoms with E-state index in [4.69, 9.17) is 0 Å². The van der Waals surface area contributed by atoms with Crippen molar-refractivity contribution in [3.8, 4) is 0 Å². The highest BCUT2D eigenvalue weighted by Gasteiger charge is 2.47. The van der Waals surface area contributed by atoms with Gasteiger partial charge in [-0.3, -0.25) is 4.79 Å². The minimum atomic E-state index is -4.43. The van der Waals surface area contributed by atoms with Crippen LogP contribution >= 0.6 is 0 Å². The first kappa shape index (κ1) is 19.3. The first-order valence-electron chi connectivity index (χ1n) is 8.48. The second kappa shape index (κ2) is 7.50. The summed E-state index contributed by atoms with van der Waals surface area (Å²) in [7, 11) is 1.54. The van der Waals surface area contributed by atoms with Gasteiger partial charge in [0.2, 0.25) is 0 Å². The van der Waals surface area contributed by atoms with Crippen molar-refractivity contribution in [3.63, 3.8) is 0 Å². The number of halogens is 3. The number of nitrogens with zero attached hydrogens (tertiary/aromatic N) is 1. The van der Waals surface area contributed by atoms with Crippen molar-refractivity contribution >= 4 is 11.6 Å². The predicted molar refractivity (Wildman–Crippen MR) is 93.2 cm³/mol. The number of carbonyl (C=O) groups is 1. The van der Waals surface area contributed by atoms with Crippen LogP contribution in [0.1, 0.15) is 38.7 Å². The smallest absolute Gasteiger partial charge is 0.379 e. The lowest BCUT2D eigenvalue weighted by molar-refractivity contribution is -0.164. The summed E-state index contributed by atoms with van der Waals surface area (Å²) in [6.07, 6.45) is -2.21. The quantitative estimate of drug-likeness (QED) is 0.825. The minimum absolute atomic E-state index is 0.204. The Morgan fingerprint density at radius 1 is 1.28 bits per heavy atom. The van der Waals surface area contributed by atoms with Gasteiger partial charge in [-0.1, -0.05) is 39.0 Å². The Morgan fingerprint density at radius 2 is 1.92 bits per heavy atom. The third kappa shape index (κ3) is 4.77. The van der Waals surface area contributed by atoms with E-state index in [0.717, 1.165) is 12.0 Å². The maximum Gasteiger partial charge on any atom is 0.397 e. The number of rotatable bonds is 5. The molecule has 0 spiro atoms. The highest BCUT2D eigenvalue weighted by Crippen LogP contribution is 2.37. The standard InChI is InChI=1S/C19H25F3N2O/c1-12(2)9-13(3)14-7-5-6-8-17(14)23-18(25)15-10-24(4)11-16(15)19(20,21)22/h5-8,10,12-13,16H,9,11H2,1-4H3,(H,23,25)/t13-,16?/m1/s1. The van der Waals surface area contributed by atoms with Crippen molar-refractivity contribution in [2.24, 2.45) is 11.8 Å². The summed E-state index contributed by atoms with van der Waals surface area (Å²) in [5.41, 5.74) is 1.29. The summed E-state index contributed by atoms with van der Waals surface area (Å²) in [6, 6.07) is 7.31. The molecule has 6 heteroatoms. The van der Waals surface area contributed by atoms with Gasteiger partial charge in [0.15, 0.2) is 0 Å². The fourth-order valence-electron chi connectivity index (χ4n) is 3.33. The molecule has 0 aliphatic carbocycles. The highest BCUT2D eigenvalue weighted by atomic mass is 19.4. The van der Waals surface area contributed by atoms with Gasteiger partial charge in [-0.2, -0.15) is 13.2 Å². The van der Waals surface area contributed by atoms with Crippen LogP contribution in [0.4, 0.5) is 18.9 Å². The Hall–Kier alpha value is -1.98. The summed E-state index contributed by atoms with van der Waals surface area (Å²) < 4.78 is 39.6. The second-order valence-electron chi connectivity index (χ2n) is 7.19. The monoisotopic (exact) mass is 354 g/mol. The molecule has 25 heavy (non-hydrogen) atoms. The molecule has 0 saturated heterocycles. The fourth-order valence-corrected chi connectivity index (χ4v) is 3.33.